The van der Waals surface area contributed by atoms with Gasteiger partial charge in [-0.25, -0.2) is 0 Å². The van der Waals surface area contributed by atoms with Crippen molar-refractivity contribution in [3.8, 4) is 0 Å². The SMILES string of the molecule is COCCNC(=O)c1cc2cc(N)ccc2o1. The molecule has 5 nitrogen and oxygen atoms in total. The molecule has 0 aliphatic rings. The Morgan fingerprint density at radius 3 is 3.06 bits per heavy atom. The Labute approximate surface area is 98.5 Å². The average Bonchev–Trinajstić information content (AvgIpc) is 2.72. The maximum absolute atomic E-state index is 11.7. The topological polar surface area (TPSA) is 77.5 Å². The van der Waals surface area contributed by atoms with E-state index in [1.54, 1.807) is 31.4 Å². The molecule has 0 atom stereocenters. The number of fused-ring (bicyclic) bond motifs is 1. The van der Waals surface area contributed by atoms with Gasteiger partial charge in [0.05, 0.1) is 6.61 Å². The fraction of sp³-hybridized carbons (Fsp3) is 0.250. The predicted octanol–water partition coefficient (Wildman–Crippen LogP) is 1.39. The molecule has 0 radical (unpaired) electrons. The lowest BCUT2D eigenvalue weighted by Gasteiger charge is -2.00. The first-order valence-corrected chi connectivity index (χ1v) is 5.27. The first-order valence-electron chi connectivity index (χ1n) is 5.27. The van der Waals surface area contributed by atoms with Crippen LogP contribution in [0.15, 0.2) is 28.7 Å². The minimum Gasteiger partial charge on any atom is -0.451 e. The summed E-state index contributed by atoms with van der Waals surface area (Å²) in [7, 11) is 1.58. The van der Waals surface area contributed by atoms with Gasteiger partial charge in [-0.05, 0) is 24.3 Å². The predicted molar refractivity (Wildman–Crippen MR) is 64.8 cm³/mol. The van der Waals surface area contributed by atoms with Crippen molar-refractivity contribution in [2.45, 2.75) is 0 Å². The van der Waals surface area contributed by atoms with Crippen LogP contribution in [0.3, 0.4) is 0 Å². The Morgan fingerprint density at radius 1 is 1.47 bits per heavy atom. The molecule has 0 saturated carbocycles. The van der Waals surface area contributed by atoms with E-state index in [0.29, 0.717) is 24.4 Å². The van der Waals surface area contributed by atoms with Gasteiger partial charge in [0, 0.05) is 24.7 Å². The average molecular weight is 234 g/mol. The Balaban J connectivity index is 2.15. The maximum Gasteiger partial charge on any atom is 0.287 e. The summed E-state index contributed by atoms with van der Waals surface area (Å²) in [6.45, 7) is 0.924. The minimum absolute atomic E-state index is 0.253. The first-order chi connectivity index (χ1) is 8.20. The van der Waals surface area contributed by atoms with E-state index < -0.39 is 0 Å². The van der Waals surface area contributed by atoms with Crippen LogP contribution >= 0.6 is 0 Å². The number of furan rings is 1. The molecule has 0 aliphatic heterocycles. The summed E-state index contributed by atoms with van der Waals surface area (Å²) >= 11 is 0. The molecule has 90 valence electrons. The van der Waals surface area contributed by atoms with Crippen LogP contribution in [0.5, 0.6) is 0 Å². The van der Waals surface area contributed by atoms with Crippen LogP contribution in [0.2, 0.25) is 0 Å². The molecule has 0 aliphatic carbocycles. The van der Waals surface area contributed by atoms with E-state index in [4.69, 9.17) is 14.9 Å². The van der Waals surface area contributed by atoms with E-state index in [9.17, 15) is 4.79 Å². The van der Waals surface area contributed by atoms with Gasteiger partial charge in [0.1, 0.15) is 5.58 Å². The summed E-state index contributed by atoms with van der Waals surface area (Å²) in [5.74, 6) is 0.0264. The van der Waals surface area contributed by atoms with Crippen LogP contribution in [0.1, 0.15) is 10.6 Å². The normalized spacial score (nSPS) is 10.6. The second-order valence-corrected chi connectivity index (χ2v) is 3.66. The number of nitrogens with one attached hydrogen (secondary N) is 1. The molecule has 1 aromatic heterocycles. The number of nitrogens with two attached hydrogens (primary N) is 1. The smallest absolute Gasteiger partial charge is 0.287 e. The van der Waals surface area contributed by atoms with E-state index in [1.807, 2.05) is 0 Å². The molecule has 1 amide bonds. The second-order valence-electron chi connectivity index (χ2n) is 3.66. The number of benzene rings is 1. The van der Waals surface area contributed by atoms with Crippen molar-refractivity contribution in [1.82, 2.24) is 5.32 Å². The van der Waals surface area contributed by atoms with Crippen LogP contribution in [-0.2, 0) is 4.74 Å². The lowest BCUT2D eigenvalue weighted by Crippen LogP contribution is -2.26. The largest absolute Gasteiger partial charge is 0.451 e. The molecule has 0 unspecified atom stereocenters. The van der Waals surface area contributed by atoms with E-state index >= 15 is 0 Å². The number of hydrogen-bond donors (Lipinski definition) is 2. The number of amides is 1. The highest BCUT2D eigenvalue weighted by atomic mass is 16.5. The van der Waals surface area contributed by atoms with Crippen LogP contribution in [-0.4, -0.2) is 26.2 Å². The van der Waals surface area contributed by atoms with Gasteiger partial charge in [-0.1, -0.05) is 0 Å². The third kappa shape index (κ3) is 2.57. The second kappa shape index (κ2) is 4.88. The zero-order valence-corrected chi connectivity index (χ0v) is 9.53. The van der Waals surface area contributed by atoms with Crippen molar-refractivity contribution in [2.75, 3.05) is 26.0 Å². The van der Waals surface area contributed by atoms with Crippen LogP contribution < -0.4 is 11.1 Å². The zero-order chi connectivity index (χ0) is 12.3. The third-order valence-electron chi connectivity index (χ3n) is 2.36. The number of hydrogen-bond acceptors (Lipinski definition) is 4. The van der Waals surface area contributed by atoms with Crippen molar-refractivity contribution in [3.05, 3.63) is 30.0 Å². The van der Waals surface area contributed by atoms with Gasteiger partial charge in [0.25, 0.3) is 5.91 Å². The number of carbonyl (C=O) groups is 1. The number of rotatable bonds is 4. The van der Waals surface area contributed by atoms with E-state index in [0.717, 1.165) is 5.39 Å². The molecule has 1 aromatic carbocycles. The van der Waals surface area contributed by atoms with Gasteiger partial charge in [0.2, 0.25) is 0 Å². The molecule has 17 heavy (non-hydrogen) atoms. The van der Waals surface area contributed by atoms with E-state index in [-0.39, 0.29) is 11.7 Å². The lowest BCUT2D eigenvalue weighted by atomic mass is 10.2. The summed E-state index contributed by atoms with van der Waals surface area (Å²) in [5, 5.41) is 3.51. The monoisotopic (exact) mass is 234 g/mol. The quantitative estimate of drug-likeness (QED) is 0.619. The highest BCUT2D eigenvalue weighted by Crippen LogP contribution is 2.21. The van der Waals surface area contributed by atoms with E-state index in [1.165, 1.54) is 0 Å². The molecular weight excluding hydrogens is 220 g/mol. The van der Waals surface area contributed by atoms with Gasteiger partial charge >= 0.3 is 0 Å². The molecule has 0 fully saturated rings. The number of carbonyl (C=O) groups excluding carboxylic acids is 1. The molecule has 3 N–H and O–H groups in total. The highest BCUT2D eigenvalue weighted by molar-refractivity contribution is 5.96. The third-order valence-corrected chi connectivity index (χ3v) is 2.36. The molecule has 5 heteroatoms. The molecule has 0 saturated heterocycles. The summed E-state index contributed by atoms with van der Waals surface area (Å²) < 4.78 is 10.2. The van der Waals surface area contributed by atoms with Crippen LogP contribution in [0, 0.1) is 0 Å². The first kappa shape index (κ1) is 11.5. The van der Waals surface area contributed by atoms with Crippen LogP contribution in [0.4, 0.5) is 5.69 Å². The number of methoxy groups -OCH3 is 1. The van der Waals surface area contributed by atoms with Gasteiger partial charge in [-0.15, -0.1) is 0 Å². The molecule has 0 bridgehead atoms. The van der Waals surface area contributed by atoms with Crippen molar-refractivity contribution >= 4 is 22.6 Å². The molecule has 2 rings (SSSR count). The summed E-state index contributed by atoms with van der Waals surface area (Å²) in [4.78, 5) is 11.7. The Morgan fingerprint density at radius 2 is 2.29 bits per heavy atom. The summed E-state index contributed by atoms with van der Waals surface area (Å²) in [6, 6.07) is 6.92. The van der Waals surface area contributed by atoms with Crippen molar-refractivity contribution in [1.29, 1.82) is 0 Å². The minimum atomic E-state index is -0.253. The summed E-state index contributed by atoms with van der Waals surface area (Å²) in [5.41, 5.74) is 6.94. The van der Waals surface area contributed by atoms with Crippen LogP contribution in [0.25, 0.3) is 11.0 Å². The summed E-state index contributed by atoms with van der Waals surface area (Å²) in [6.07, 6.45) is 0. The Hall–Kier alpha value is -2.01. The molecular formula is C12H14N2O3. The van der Waals surface area contributed by atoms with Gasteiger partial charge in [-0.2, -0.15) is 0 Å². The molecule has 1 heterocycles. The zero-order valence-electron chi connectivity index (χ0n) is 9.53. The Bertz CT molecular complexity index is 534. The van der Waals surface area contributed by atoms with Gasteiger partial charge in [-0.3, -0.25) is 4.79 Å². The number of nitrogen functional groups attached to an aromatic ring is 1. The van der Waals surface area contributed by atoms with E-state index in [2.05, 4.69) is 5.32 Å². The van der Waals surface area contributed by atoms with Gasteiger partial charge in [0.15, 0.2) is 5.76 Å². The Kier molecular flexibility index (Phi) is 3.30. The maximum atomic E-state index is 11.7. The fourth-order valence-electron chi connectivity index (χ4n) is 1.53. The molecule has 2 aromatic rings. The highest BCUT2D eigenvalue weighted by Gasteiger charge is 2.11. The van der Waals surface area contributed by atoms with Crippen molar-refractivity contribution < 1.29 is 13.9 Å². The fourth-order valence-corrected chi connectivity index (χ4v) is 1.53. The van der Waals surface area contributed by atoms with Gasteiger partial charge < -0.3 is 20.2 Å². The van der Waals surface area contributed by atoms with Crippen molar-refractivity contribution in [3.63, 3.8) is 0 Å². The van der Waals surface area contributed by atoms with Crippen molar-refractivity contribution in [2.24, 2.45) is 0 Å². The molecule has 0 spiro atoms. The standard InChI is InChI=1S/C12H14N2O3/c1-16-5-4-14-12(15)11-7-8-6-9(13)2-3-10(8)17-11/h2-3,6-7H,4-5,13H2,1H3,(H,14,15). The number of ether oxygens (including phenoxy) is 1. The number of anilines is 1. The lowest BCUT2D eigenvalue weighted by molar-refractivity contribution is 0.0911.